The first-order valence-electron chi connectivity index (χ1n) is 10.8. The number of nitrogens with zero attached hydrogens (tertiary/aromatic N) is 3. The summed E-state index contributed by atoms with van der Waals surface area (Å²) in [6, 6.07) is 0. The highest BCUT2D eigenvalue weighted by molar-refractivity contribution is 5.79. The maximum absolute atomic E-state index is 5.67. The van der Waals surface area contributed by atoms with Crippen LogP contribution in [0.5, 0.6) is 0 Å². The summed E-state index contributed by atoms with van der Waals surface area (Å²) in [7, 11) is 0. The highest BCUT2D eigenvalue weighted by Crippen LogP contribution is 2.35. The molecule has 152 valence electrons. The van der Waals surface area contributed by atoms with Gasteiger partial charge < -0.3 is 15.1 Å². The van der Waals surface area contributed by atoms with Crippen molar-refractivity contribution in [2.45, 2.75) is 84.2 Å². The summed E-state index contributed by atoms with van der Waals surface area (Å²) in [4.78, 5) is 11.9. The molecular weight excluding hydrogens is 338 g/mol. The van der Waals surface area contributed by atoms with Crippen molar-refractivity contribution < 1.29 is 4.42 Å². The molecule has 27 heavy (non-hydrogen) atoms. The second-order valence-electron chi connectivity index (χ2n) is 8.13. The average molecular weight is 376 g/mol. The van der Waals surface area contributed by atoms with Crippen molar-refractivity contribution in [3.8, 4) is 0 Å². The number of guanidine groups is 1. The summed E-state index contributed by atoms with van der Waals surface area (Å²) in [5.41, 5.74) is 1.25. The lowest BCUT2D eigenvalue weighted by Crippen LogP contribution is -2.59. The molecule has 2 heterocycles. The summed E-state index contributed by atoms with van der Waals surface area (Å²) < 4.78 is 5.67. The van der Waals surface area contributed by atoms with Gasteiger partial charge in [0, 0.05) is 18.6 Å². The largest absolute Gasteiger partial charge is 0.444 e. The van der Waals surface area contributed by atoms with Crippen LogP contribution in [0.2, 0.25) is 0 Å². The molecule has 2 aliphatic rings. The number of oxazole rings is 1. The predicted molar refractivity (Wildman–Crippen MR) is 110 cm³/mol. The van der Waals surface area contributed by atoms with E-state index in [2.05, 4.69) is 27.4 Å². The molecule has 0 radical (unpaired) electrons. The Bertz CT molecular complexity index is 593. The van der Waals surface area contributed by atoms with Gasteiger partial charge in [0.05, 0.1) is 5.69 Å². The van der Waals surface area contributed by atoms with Crippen LogP contribution >= 0.6 is 0 Å². The summed E-state index contributed by atoms with van der Waals surface area (Å²) in [6.45, 7) is 10.8. The molecular formula is C21H37N5O. The van der Waals surface area contributed by atoms with Crippen molar-refractivity contribution in [2.75, 3.05) is 26.2 Å². The fourth-order valence-corrected chi connectivity index (χ4v) is 4.53. The Balaban J connectivity index is 1.65. The molecule has 0 unspecified atom stereocenters. The molecule has 1 saturated heterocycles. The normalized spacial score (nSPS) is 21.2. The third-order valence-corrected chi connectivity index (χ3v) is 6.19. The lowest BCUT2D eigenvalue weighted by Gasteiger charge is -2.48. The minimum atomic E-state index is 0.297. The van der Waals surface area contributed by atoms with Crippen LogP contribution < -0.4 is 10.6 Å². The Hall–Kier alpha value is -1.56. The molecule has 2 fully saturated rings. The summed E-state index contributed by atoms with van der Waals surface area (Å²) in [5.74, 6) is 2.43. The number of aliphatic imine (C=N–C) groups is 1. The first-order valence-corrected chi connectivity index (χ1v) is 10.8. The van der Waals surface area contributed by atoms with Crippen molar-refractivity contribution in [2.24, 2.45) is 4.99 Å². The molecule has 0 amide bonds. The van der Waals surface area contributed by atoms with E-state index in [4.69, 9.17) is 9.41 Å². The monoisotopic (exact) mass is 375 g/mol. The standard InChI is InChI=1S/C21H37N5O/c1-4-22-20(23-15-19-25-17(2)18(3)27-19)24-16-21(11-7-5-8-12-21)26-13-9-6-10-14-26/h4-16H2,1-3H3,(H2,22,23,24). The highest BCUT2D eigenvalue weighted by Gasteiger charge is 2.38. The van der Waals surface area contributed by atoms with Gasteiger partial charge in [0.15, 0.2) is 5.96 Å². The van der Waals surface area contributed by atoms with E-state index in [0.29, 0.717) is 18.0 Å². The number of nitrogens with one attached hydrogen (secondary N) is 2. The maximum Gasteiger partial charge on any atom is 0.216 e. The molecule has 3 rings (SSSR count). The summed E-state index contributed by atoms with van der Waals surface area (Å²) in [6.07, 6.45) is 10.8. The Morgan fingerprint density at radius 1 is 1.07 bits per heavy atom. The SMILES string of the molecule is CCNC(=NCc1nc(C)c(C)o1)NCC1(N2CCCCC2)CCCCC1. The highest BCUT2D eigenvalue weighted by atomic mass is 16.4. The van der Waals surface area contributed by atoms with Gasteiger partial charge in [-0.05, 0) is 59.5 Å². The first-order chi connectivity index (χ1) is 13.1. The number of hydrogen-bond acceptors (Lipinski definition) is 4. The van der Waals surface area contributed by atoms with Crippen LogP contribution in [-0.4, -0.2) is 47.6 Å². The third kappa shape index (κ3) is 5.24. The number of aryl methyl sites for hydroxylation is 2. The predicted octanol–water partition coefficient (Wildman–Crippen LogP) is 3.54. The quantitative estimate of drug-likeness (QED) is 0.588. The van der Waals surface area contributed by atoms with Gasteiger partial charge in [-0.2, -0.15) is 0 Å². The lowest BCUT2D eigenvalue weighted by molar-refractivity contribution is 0.0368. The summed E-state index contributed by atoms with van der Waals surface area (Å²) in [5, 5.41) is 7.03. The van der Waals surface area contributed by atoms with Gasteiger partial charge in [0.25, 0.3) is 0 Å². The van der Waals surface area contributed by atoms with E-state index in [0.717, 1.165) is 30.5 Å². The number of aromatic nitrogens is 1. The van der Waals surface area contributed by atoms with Crippen LogP contribution in [0.25, 0.3) is 0 Å². The van der Waals surface area contributed by atoms with Crippen LogP contribution in [0.15, 0.2) is 9.41 Å². The average Bonchev–Trinajstić information content (AvgIpc) is 3.03. The third-order valence-electron chi connectivity index (χ3n) is 6.19. The van der Waals surface area contributed by atoms with Gasteiger partial charge in [-0.1, -0.05) is 25.7 Å². The molecule has 0 bridgehead atoms. The van der Waals surface area contributed by atoms with Crippen LogP contribution in [0, 0.1) is 13.8 Å². The number of rotatable bonds is 6. The van der Waals surface area contributed by atoms with Crippen molar-refractivity contribution in [3.05, 3.63) is 17.3 Å². The fourth-order valence-electron chi connectivity index (χ4n) is 4.53. The molecule has 0 spiro atoms. The van der Waals surface area contributed by atoms with E-state index >= 15 is 0 Å². The molecule has 1 aromatic heterocycles. The van der Waals surface area contributed by atoms with E-state index in [1.165, 1.54) is 64.5 Å². The fraction of sp³-hybridized carbons (Fsp3) is 0.810. The first kappa shape index (κ1) is 20.2. The molecule has 2 N–H and O–H groups in total. The Kier molecular flexibility index (Phi) is 7.16. The minimum absolute atomic E-state index is 0.297. The van der Waals surface area contributed by atoms with E-state index in [1.807, 2.05) is 13.8 Å². The zero-order chi connectivity index (χ0) is 19.1. The second kappa shape index (κ2) is 9.58. The number of hydrogen-bond donors (Lipinski definition) is 2. The summed E-state index contributed by atoms with van der Waals surface area (Å²) >= 11 is 0. The zero-order valence-corrected chi connectivity index (χ0v) is 17.4. The second-order valence-corrected chi connectivity index (χ2v) is 8.13. The molecule has 6 nitrogen and oxygen atoms in total. The molecule has 1 saturated carbocycles. The lowest BCUT2D eigenvalue weighted by atomic mass is 9.79. The molecule has 6 heteroatoms. The van der Waals surface area contributed by atoms with Crippen molar-refractivity contribution in [1.29, 1.82) is 0 Å². The van der Waals surface area contributed by atoms with Gasteiger partial charge in [-0.3, -0.25) is 4.90 Å². The van der Waals surface area contributed by atoms with Gasteiger partial charge in [0.2, 0.25) is 5.89 Å². The molecule has 1 aromatic rings. The number of piperidine rings is 1. The van der Waals surface area contributed by atoms with Gasteiger partial charge in [-0.15, -0.1) is 0 Å². The van der Waals surface area contributed by atoms with Crippen LogP contribution in [-0.2, 0) is 6.54 Å². The van der Waals surface area contributed by atoms with Crippen LogP contribution in [0.4, 0.5) is 0 Å². The molecule has 1 aliphatic carbocycles. The van der Waals surface area contributed by atoms with E-state index in [9.17, 15) is 0 Å². The number of likely N-dealkylation sites (tertiary alicyclic amines) is 1. The van der Waals surface area contributed by atoms with Crippen molar-refractivity contribution in [3.63, 3.8) is 0 Å². The smallest absolute Gasteiger partial charge is 0.216 e. The van der Waals surface area contributed by atoms with Crippen molar-refractivity contribution >= 4 is 5.96 Å². The van der Waals surface area contributed by atoms with Gasteiger partial charge >= 0.3 is 0 Å². The molecule has 1 aliphatic heterocycles. The van der Waals surface area contributed by atoms with Crippen molar-refractivity contribution in [1.82, 2.24) is 20.5 Å². The maximum atomic E-state index is 5.67. The minimum Gasteiger partial charge on any atom is -0.444 e. The Morgan fingerprint density at radius 2 is 1.78 bits per heavy atom. The Labute approximate surface area is 164 Å². The zero-order valence-electron chi connectivity index (χ0n) is 17.4. The van der Waals surface area contributed by atoms with E-state index in [-0.39, 0.29) is 0 Å². The van der Waals surface area contributed by atoms with E-state index < -0.39 is 0 Å². The molecule has 0 atom stereocenters. The molecule has 0 aromatic carbocycles. The van der Waals surface area contributed by atoms with Gasteiger partial charge in [0.1, 0.15) is 12.3 Å². The Morgan fingerprint density at radius 3 is 2.41 bits per heavy atom. The van der Waals surface area contributed by atoms with Crippen LogP contribution in [0.1, 0.15) is 75.6 Å². The van der Waals surface area contributed by atoms with Crippen LogP contribution in [0.3, 0.4) is 0 Å². The van der Waals surface area contributed by atoms with E-state index in [1.54, 1.807) is 0 Å². The van der Waals surface area contributed by atoms with Gasteiger partial charge in [-0.25, -0.2) is 9.98 Å². The topological polar surface area (TPSA) is 65.7 Å².